The number of rotatable bonds is 6. The summed E-state index contributed by atoms with van der Waals surface area (Å²) in [5.41, 5.74) is 1.01. The second-order valence-electron chi connectivity index (χ2n) is 6.28. The molecule has 4 heteroatoms. The molecule has 1 aliphatic carbocycles. The Morgan fingerprint density at radius 3 is 2.62 bits per heavy atom. The Hall–Kier alpha value is -1.42. The number of hydrogen-bond acceptors (Lipinski definition) is 2. The van der Waals surface area contributed by atoms with Crippen molar-refractivity contribution in [2.24, 2.45) is 5.92 Å². The molecule has 1 amide bonds. The van der Waals surface area contributed by atoms with Crippen LogP contribution in [0.25, 0.3) is 0 Å². The van der Waals surface area contributed by atoms with E-state index in [1.165, 1.54) is 18.6 Å². The first-order valence-corrected chi connectivity index (χ1v) is 7.97. The zero-order valence-corrected chi connectivity index (χ0v) is 12.4. The maximum absolute atomic E-state index is 13.0. The van der Waals surface area contributed by atoms with E-state index in [4.69, 9.17) is 0 Å². The predicted molar refractivity (Wildman–Crippen MR) is 80.2 cm³/mol. The van der Waals surface area contributed by atoms with Gasteiger partial charge in [-0.2, -0.15) is 0 Å². The summed E-state index contributed by atoms with van der Waals surface area (Å²) in [6.07, 6.45) is 5.03. The maximum atomic E-state index is 13.0. The van der Waals surface area contributed by atoms with Crippen LogP contribution in [0.2, 0.25) is 0 Å². The molecule has 1 aliphatic heterocycles. The molecule has 114 valence electrons. The lowest BCUT2D eigenvalue weighted by molar-refractivity contribution is -0.132. The van der Waals surface area contributed by atoms with Gasteiger partial charge in [-0.25, -0.2) is 4.39 Å². The summed E-state index contributed by atoms with van der Waals surface area (Å²) in [4.78, 5) is 14.5. The Balaban J connectivity index is 1.55. The fourth-order valence-electron chi connectivity index (χ4n) is 3.03. The molecule has 21 heavy (non-hydrogen) atoms. The largest absolute Gasteiger partial charge is 0.335 e. The number of hydrogen-bond donors (Lipinski definition) is 1. The number of amides is 1. The normalized spacial score (nSPS) is 21.5. The molecule has 0 aromatic heterocycles. The van der Waals surface area contributed by atoms with Gasteiger partial charge in [-0.3, -0.25) is 4.79 Å². The van der Waals surface area contributed by atoms with E-state index in [0.717, 1.165) is 37.9 Å². The molecular formula is C17H23FN2O. The average molecular weight is 290 g/mol. The molecule has 2 aliphatic rings. The summed E-state index contributed by atoms with van der Waals surface area (Å²) in [6.45, 7) is 2.75. The van der Waals surface area contributed by atoms with E-state index in [1.807, 2.05) is 4.90 Å². The fourth-order valence-corrected chi connectivity index (χ4v) is 3.03. The van der Waals surface area contributed by atoms with Gasteiger partial charge in [0.1, 0.15) is 5.82 Å². The highest BCUT2D eigenvalue weighted by Crippen LogP contribution is 2.29. The number of benzene rings is 1. The standard InChI is InChI=1S/C17H23FN2O/c18-15-4-1-14(2-5-15)12-20(16-6-7-16)17(21)8-3-13-9-10-19-11-13/h1-2,4-5,13,16,19H,3,6-12H2. The molecule has 1 N–H and O–H groups in total. The van der Waals surface area contributed by atoms with Crippen molar-refractivity contribution in [3.05, 3.63) is 35.6 Å². The van der Waals surface area contributed by atoms with Gasteiger partial charge in [-0.05, 0) is 62.4 Å². The van der Waals surface area contributed by atoms with Crippen LogP contribution in [0, 0.1) is 11.7 Å². The van der Waals surface area contributed by atoms with Gasteiger partial charge in [0, 0.05) is 19.0 Å². The van der Waals surface area contributed by atoms with Crippen molar-refractivity contribution in [2.45, 2.75) is 44.7 Å². The number of nitrogens with one attached hydrogen (secondary N) is 1. The summed E-state index contributed by atoms with van der Waals surface area (Å²) < 4.78 is 13.0. The van der Waals surface area contributed by atoms with Gasteiger partial charge in [0.05, 0.1) is 0 Å². The summed E-state index contributed by atoms with van der Waals surface area (Å²) in [5.74, 6) is 0.686. The zero-order chi connectivity index (χ0) is 14.7. The van der Waals surface area contributed by atoms with E-state index < -0.39 is 0 Å². The highest BCUT2D eigenvalue weighted by Gasteiger charge is 2.32. The molecule has 0 bridgehead atoms. The van der Waals surface area contributed by atoms with Crippen molar-refractivity contribution in [1.29, 1.82) is 0 Å². The first kappa shape index (κ1) is 14.5. The molecule has 1 heterocycles. The van der Waals surface area contributed by atoms with Gasteiger partial charge in [0.15, 0.2) is 0 Å². The molecular weight excluding hydrogens is 267 g/mol. The predicted octanol–water partition coefficient (Wildman–Crippen LogP) is 2.71. The number of carbonyl (C=O) groups is 1. The lowest BCUT2D eigenvalue weighted by Crippen LogP contribution is -2.32. The van der Waals surface area contributed by atoms with E-state index in [1.54, 1.807) is 12.1 Å². The van der Waals surface area contributed by atoms with Crippen molar-refractivity contribution in [3.8, 4) is 0 Å². The molecule has 1 aromatic carbocycles. The average Bonchev–Trinajstić information content (AvgIpc) is 3.19. The summed E-state index contributed by atoms with van der Waals surface area (Å²) in [6, 6.07) is 6.89. The molecule has 1 saturated carbocycles. The fraction of sp³-hybridized carbons (Fsp3) is 0.588. The molecule has 1 aromatic rings. The van der Waals surface area contributed by atoms with Crippen molar-refractivity contribution < 1.29 is 9.18 Å². The first-order valence-electron chi connectivity index (χ1n) is 7.97. The Bertz CT molecular complexity index is 478. The van der Waals surface area contributed by atoms with Crippen LogP contribution in [-0.2, 0) is 11.3 Å². The van der Waals surface area contributed by atoms with Crippen molar-refractivity contribution >= 4 is 5.91 Å². The van der Waals surface area contributed by atoms with Crippen LogP contribution in [0.15, 0.2) is 24.3 Å². The van der Waals surface area contributed by atoms with Gasteiger partial charge in [0.25, 0.3) is 0 Å². The second kappa shape index (κ2) is 6.56. The van der Waals surface area contributed by atoms with Gasteiger partial charge >= 0.3 is 0 Å². The maximum Gasteiger partial charge on any atom is 0.223 e. The van der Waals surface area contributed by atoms with E-state index >= 15 is 0 Å². The smallest absolute Gasteiger partial charge is 0.223 e. The highest BCUT2D eigenvalue weighted by atomic mass is 19.1. The van der Waals surface area contributed by atoms with Crippen LogP contribution < -0.4 is 5.32 Å². The van der Waals surface area contributed by atoms with Crippen molar-refractivity contribution in [1.82, 2.24) is 10.2 Å². The minimum atomic E-state index is -0.225. The van der Waals surface area contributed by atoms with E-state index in [0.29, 0.717) is 24.9 Å². The topological polar surface area (TPSA) is 32.3 Å². The molecule has 2 fully saturated rings. The minimum Gasteiger partial charge on any atom is -0.335 e. The molecule has 0 spiro atoms. The van der Waals surface area contributed by atoms with Gasteiger partial charge in [0.2, 0.25) is 5.91 Å². The monoisotopic (exact) mass is 290 g/mol. The third kappa shape index (κ3) is 4.03. The lowest BCUT2D eigenvalue weighted by atomic mass is 10.0. The molecule has 1 unspecified atom stereocenters. The van der Waals surface area contributed by atoms with Gasteiger partial charge in [-0.1, -0.05) is 12.1 Å². The van der Waals surface area contributed by atoms with E-state index in [9.17, 15) is 9.18 Å². The minimum absolute atomic E-state index is 0.225. The van der Waals surface area contributed by atoms with Crippen LogP contribution in [0.5, 0.6) is 0 Å². The summed E-state index contributed by atoms with van der Waals surface area (Å²) in [5, 5.41) is 3.35. The Labute approximate surface area is 125 Å². The van der Waals surface area contributed by atoms with Crippen molar-refractivity contribution in [2.75, 3.05) is 13.1 Å². The van der Waals surface area contributed by atoms with Crippen LogP contribution in [0.3, 0.4) is 0 Å². The Morgan fingerprint density at radius 1 is 1.24 bits per heavy atom. The Morgan fingerprint density at radius 2 is 2.00 bits per heavy atom. The molecule has 1 saturated heterocycles. The number of nitrogens with zero attached hydrogens (tertiary/aromatic N) is 1. The third-order valence-electron chi connectivity index (χ3n) is 4.50. The lowest BCUT2D eigenvalue weighted by Gasteiger charge is -2.23. The quantitative estimate of drug-likeness (QED) is 0.873. The van der Waals surface area contributed by atoms with E-state index in [-0.39, 0.29) is 11.7 Å². The molecule has 3 rings (SSSR count). The van der Waals surface area contributed by atoms with Crippen molar-refractivity contribution in [3.63, 3.8) is 0 Å². The van der Waals surface area contributed by atoms with E-state index in [2.05, 4.69) is 5.32 Å². The third-order valence-corrected chi connectivity index (χ3v) is 4.50. The number of carbonyl (C=O) groups excluding carboxylic acids is 1. The SMILES string of the molecule is O=C(CCC1CCNC1)N(Cc1ccc(F)cc1)C1CC1. The molecule has 3 nitrogen and oxygen atoms in total. The highest BCUT2D eigenvalue weighted by molar-refractivity contribution is 5.76. The van der Waals surface area contributed by atoms with Crippen LogP contribution in [-0.4, -0.2) is 29.9 Å². The van der Waals surface area contributed by atoms with Gasteiger partial charge < -0.3 is 10.2 Å². The Kier molecular flexibility index (Phi) is 4.54. The van der Waals surface area contributed by atoms with Gasteiger partial charge in [-0.15, -0.1) is 0 Å². The van der Waals surface area contributed by atoms with Crippen LogP contribution in [0.4, 0.5) is 4.39 Å². The van der Waals surface area contributed by atoms with Crippen LogP contribution >= 0.6 is 0 Å². The summed E-state index contributed by atoms with van der Waals surface area (Å²) >= 11 is 0. The zero-order valence-electron chi connectivity index (χ0n) is 12.4. The molecule has 1 atom stereocenters. The summed E-state index contributed by atoms with van der Waals surface area (Å²) in [7, 11) is 0. The number of halogens is 1. The molecule has 0 radical (unpaired) electrons. The second-order valence-corrected chi connectivity index (χ2v) is 6.28. The first-order chi connectivity index (χ1) is 10.2. The van der Waals surface area contributed by atoms with Crippen LogP contribution in [0.1, 0.15) is 37.7 Å².